The van der Waals surface area contributed by atoms with Gasteiger partial charge in [-0.05, 0) is 42.8 Å². The Hall–Kier alpha value is -2.92. The van der Waals surface area contributed by atoms with E-state index in [0.29, 0.717) is 16.7 Å². The fourth-order valence-corrected chi connectivity index (χ4v) is 2.52. The Morgan fingerprint density at radius 1 is 1.08 bits per heavy atom. The molecule has 1 aromatic heterocycles. The molecule has 3 rings (SSSR count). The molecule has 126 valence electrons. The lowest BCUT2D eigenvalue weighted by Crippen LogP contribution is -2.27. The Morgan fingerprint density at radius 3 is 2.60 bits per heavy atom. The van der Waals surface area contributed by atoms with Crippen molar-refractivity contribution in [3.63, 3.8) is 0 Å². The van der Waals surface area contributed by atoms with Gasteiger partial charge in [-0.15, -0.1) is 0 Å². The number of benzene rings is 2. The number of amides is 1. The largest absolute Gasteiger partial charge is 0.324 e. The van der Waals surface area contributed by atoms with Crippen molar-refractivity contribution in [1.29, 1.82) is 0 Å². The molecule has 3 aromatic rings. The van der Waals surface area contributed by atoms with Crippen LogP contribution in [0.15, 0.2) is 60.8 Å². The monoisotopic (exact) mass is 352 g/mol. The molecular formula is C19H17ClN4O. The van der Waals surface area contributed by atoms with E-state index in [1.807, 2.05) is 55.5 Å². The normalized spacial score (nSPS) is 10.4. The summed E-state index contributed by atoms with van der Waals surface area (Å²) in [5, 5.41) is 3.76. The smallest absolute Gasteiger partial charge is 0.276 e. The predicted molar refractivity (Wildman–Crippen MR) is 101 cm³/mol. The number of hydrogen-bond donors (Lipinski definition) is 1. The van der Waals surface area contributed by atoms with Gasteiger partial charge in [0.25, 0.3) is 5.91 Å². The van der Waals surface area contributed by atoms with Gasteiger partial charge >= 0.3 is 0 Å². The van der Waals surface area contributed by atoms with E-state index in [9.17, 15) is 4.79 Å². The number of carbonyl (C=O) groups is 1. The highest BCUT2D eigenvalue weighted by atomic mass is 35.5. The van der Waals surface area contributed by atoms with E-state index in [0.717, 1.165) is 16.9 Å². The van der Waals surface area contributed by atoms with E-state index in [2.05, 4.69) is 15.3 Å². The maximum absolute atomic E-state index is 12.7. The fourth-order valence-electron chi connectivity index (χ4n) is 2.34. The number of aromatic nitrogens is 2. The second kappa shape index (κ2) is 7.32. The molecule has 25 heavy (non-hydrogen) atoms. The topological polar surface area (TPSA) is 58.1 Å². The molecule has 1 heterocycles. The zero-order valence-electron chi connectivity index (χ0n) is 13.9. The van der Waals surface area contributed by atoms with Crippen LogP contribution in [0.25, 0.3) is 0 Å². The van der Waals surface area contributed by atoms with Crippen LogP contribution >= 0.6 is 11.6 Å². The first kappa shape index (κ1) is 16.9. The lowest BCUT2D eigenvalue weighted by molar-refractivity contribution is 0.0988. The zero-order valence-corrected chi connectivity index (χ0v) is 14.7. The number of nitrogens with zero attached hydrogens (tertiary/aromatic N) is 3. The van der Waals surface area contributed by atoms with Crippen LogP contribution in [0, 0.1) is 6.92 Å². The van der Waals surface area contributed by atoms with Crippen LogP contribution in [-0.4, -0.2) is 22.9 Å². The number of anilines is 3. The number of rotatable bonds is 4. The molecule has 0 saturated carbocycles. The van der Waals surface area contributed by atoms with Crippen LogP contribution < -0.4 is 10.2 Å². The van der Waals surface area contributed by atoms with Gasteiger partial charge in [-0.2, -0.15) is 0 Å². The molecule has 5 nitrogen and oxygen atoms in total. The average molecular weight is 353 g/mol. The summed E-state index contributed by atoms with van der Waals surface area (Å²) in [6.45, 7) is 1.91. The van der Waals surface area contributed by atoms with E-state index in [4.69, 9.17) is 11.6 Å². The van der Waals surface area contributed by atoms with E-state index in [1.54, 1.807) is 24.2 Å². The summed E-state index contributed by atoms with van der Waals surface area (Å²) >= 11 is 6.13. The summed E-state index contributed by atoms with van der Waals surface area (Å²) < 4.78 is 0. The molecule has 1 N–H and O–H groups in total. The average Bonchev–Trinajstić information content (AvgIpc) is 2.65. The van der Waals surface area contributed by atoms with Crippen LogP contribution in [0.4, 0.5) is 17.3 Å². The molecule has 0 aliphatic heterocycles. The maximum Gasteiger partial charge on any atom is 0.276 e. The SMILES string of the molecule is Cc1c(Cl)cccc1Nc1nccc(C(=O)N(C)c2ccccc2)n1. The highest BCUT2D eigenvalue weighted by molar-refractivity contribution is 6.31. The highest BCUT2D eigenvalue weighted by Gasteiger charge is 2.16. The summed E-state index contributed by atoms with van der Waals surface area (Å²) in [5.41, 5.74) is 2.80. The third kappa shape index (κ3) is 3.78. The quantitative estimate of drug-likeness (QED) is 0.753. The molecule has 0 atom stereocenters. The second-order valence-electron chi connectivity index (χ2n) is 5.50. The first-order valence-corrected chi connectivity index (χ1v) is 8.12. The lowest BCUT2D eigenvalue weighted by Gasteiger charge is -2.17. The van der Waals surface area contributed by atoms with Crippen LogP contribution in [0.3, 0.4) is 0 Å². The number of hydrogen-bond acceptors (Lipinski definition) is 4. The lowest BCUT2D eigenvalue weighted by atomic mass is 10.2. The van der Waals surface area contributed by atoms with Gasteiger partial charge in [0.15, 0.2) is 0 Å². The van der Waals surface area contributed by atoms with Crippen LogP contribution in [0.1, 0.15) is 16.1 Å². The van der Waals surface area contributed by atoms with Gasteiger partial charge in [-0.1, -0.05) is 35.9 Å². The minimum atomic E-state index is -0.209. The molecule has 0 saturated heterocycles. The minimum Gasteiger partial charge on any atom is -0.324 e. The van der Waals surface area contributed by atoms with E-state index in [-0.39, 0.29) is 5.91 Å². The third-order valence-corrected chi connectivity index (χ3v) is 4.25. The van der Waals surface area contributed by atoms with Crippen molar-refractivity contribution in [1.82, 2.24) is 9.97 Å². The molecule has 0 unspecified atom stereocenters. The van der Waals surface area contributed by atoms with Crippen LogP contribution in [-0.2, 0) is 0 Å². The Kier molecular flexibility index (Phi) is 4.95. The van der Waals surface area contributed by atoms with Gasteiger partial charge in [-0.3, -0.25) is 4.79 Å². The summed E-state index contributed by atoms with van der Waals surface area (Å²) in [6.07, 6.45) is 1.56. The van der Waals surface area contributed by atoms with Crippen LogP contribution in [0.5, 0.6) is 0 Å². The van der Waals surface area contributed by atoms with Gasteiger partial charge in [0, 0.05) is 29.6 Å². The Labute approximate surface area is 151 Å². The molecule has 0 aliphatic rings. The van der Waals surface area contributed by atoms with Crippen molar-refractivity contribution in [2.75, 3.05) is 17.3 Å². The van der Waals surface area contributed by atoms with E-state index in [1.165, 1.54) is 0 Å². The zero-order chi connectivity index (χ0) is 17.8. The Morgan fingerprint density at radius 2 is 1.84 bits per heavy atom. The second-order valence-corrected chi connectivity index (χ2v) is 5.91. The molecular weight excluding hydrogens is 336 g/mol. The number of nitrogens with one attached hydrogen (secondary N) is 1. The molecule has 2 aromatic carbocycles. The van der Waals surface area contributed by atoms with Crippen molar-refractivity contribution < 1.29 is 4.79 Å². The third-order valence-electron chi connectivity index (χ3n) is 3.84. The Bertz CT molecular complexity index is 899. The van der Waals surface area contributed by atoms with Gasteiger partial charge in [0.1, 0.15) is 5.69 Å². The van der Waals surface area contributed by atoms with Crippen molar-refractivity contribution in [3.8, 4) is 0 Å². The molecule has 0 bridgehead atoms. The summed E-state index contributed by atoms with van der Waals surface area (Å²) in [4.78, 5) is 22.7. The minimum absolute atomic E-state index is 0.209. The van der Waals surface area contributed by atoms with Gasteiger partial charge in [0.05, 0.1) is 0 Å². The molecule has 0 aliphatic carbocycles. The highest BCUT2D eigenvalue weighted by Crippen LogP contribution is 2.25. The van der Waals surface area contributed by atoms with Crippen molar-refractivity contribution in [3.05, 3.63) is 77.1 Å². The summed E-state index contributed by atoms with van der Waals surface area (Å²) in [7, 11) is 1.72. The van der Waals surface area contributed by atoms with Gasteiger partial charge < -0.3 is 10.2 Å². The van der Waals surface area contributed by atoms with Crippen molar-refractivity contribution in [2.45, 2.75) is 6.92 Å². The van der Waals surface area contributed by atoms with E-state index < -0.39 is 0 Å². The number of carbonyl (C=O) groups excluding carboxylic acids is 1. The standard InChI is InChI=1S/C19H17ClN4O/c1-13-15(20)9-6-10-16(13)22-19-21-12-11-17(23-19)18(25)24(2)14-7-4-3-5-8-14/h3-12H,1-2H3,(H,21,22,23). The molecule has 0 radical (unpaired) electrons. The molecule has 0 fully saturated rings. The first-order valence-electron chi connectivity index (χ1n) is 7.74. The van der Waals surface area contributed by atoms with E-state index >= 15 is 0 Å². The Balaban J connectivity index is 1.84. The van der Waals surface area contributed by atoms with Gasteiger partial charge in [0.2, 0.25) is 5.95 Å². The maximum atomic E-state index is 12.7. The van der Waals surface area contributed by atoms with Crippen molar-refractivity contribution >= 4 is 34.8 Å². The van der Waals surface area contributed by atoms with Gasteiger partial charge in [-0.25, -0.2) is 9.97 Å². The first-order chi connectivity index (χ1) is 12.1. The predicted octanol–water partition coefficient (Wildman–Crippen LogP) is 4.46. The summed E-state index contributed by atoms with van der Waals surface area (Å²) in [6, 6.07) is 16.5. The number of halogens is 1. The summed E-state index contributed by atoms with van der Waals surface area (Å²) in [5.74, 6) is 0.136. The molecule has 6 heteroatoms. The fraction of sp³-hybridized carbons (Fsp3) is 0.105. The number of para-hydroxylation sites is 1. The van der Waals surface area contributed by atoms with Crippen LogP contribution in [0.2, 0.25) is 5.02 Å². The molecule has 1 amide bonds. The molecule has 0 spiro atoms. The van der Waals surface area contributed by atoms with Crippen molar-refractivity contribution in [2.24, 2.45) is 0 Å².